The number of anilines is 1. The molecule has 3 aromatic rings. The number of hydrogen-bond acceptors (Lipinski definition) is 4. The van der Waals surface area contributed by atoms with Crippen molar-refractivity contribution >= 4 is 22.9 Å². The first-order chi connectivity index (χ1) is 13.7. The van der Waals surface area contributed by atoms with Crippen LogP contribution in [0.15, 0.2) is 48.5 Å². The van der Waals surface area contributed by atoms with Gasteiger partial charge in [0.2, 0.25) is 11.9 Å². The molecule has 1 heterocycles. The van der Waals surface area contributed by atoms with Gasteiger partial charge in [-0.05, 0) is 55.5 Å². The summed E-state index contributed by atoms with van der Waals surface area (Å²) in [4.78, 5) is 20.4. The zero-order valence-corrected chi connectivity index (χ0v) is 16.1. The first-order valence-corrected chi connectivity index (χ1v) is 9.83. The highest BCUT2D eigenvalue weighted by Gasteiger charge is 2.26. The fourth-order valence-corrected chi connectivity index (χ4v) is 3.83. The molecule has 0 bridgehead atoms. The number of hydrogen-bond donors (Lipinski definition) is 3. The number of carbonyl (C=O) groups excluding carboxylic acids is 1. The number of rotatable bonds is 6. The summed E-state index contributed by atoms with van der Waals surface area (Å²) in [6.45, 7) is 0.535. The molecule has 0 atom stereocenters. The molecule has 6 heteroatoms. The summed E-state index contributed by atoms with van der Waals surface area (Å²) in [5.41, 5.74) is 3.05. The van der Waals surface area contributed by atoms with Crippen molar-refractivity contribution in [1.29, 1.82) is 0 Å². The number of nitrogens with zero attached hydrogens (tertiary/aromatic N) is 1. The second-order valence-corrected chi connectivity index (χ2v) is 7.36. The predicted molar refractivity (Wildman–Crippen MR) is 110 cm³/mol. The van der Waals surface area contributed by atoms with Gasteiger partial charge in [-0.25, -0.2) is 4.98 Å². The molecule has 4 rings (SSSR count). The molecule has 0 radical (unpaired) electrons. The number of fused-ring (bicyclic) bond motifs is 1. The van der Waals surface area contributed by atoms with E-state index in [2.05, 4.69) is 20.6 Å². The van der Waals surface area contributed by atoms with Gasteiger partial charge in [-0.3, -0.25) is 4.79 Å². The Kier molecular flexibility index (Phi) is 5.46. The Morgan fingerprint density at radius 2 is 1.96 bits per heavy atom. The van der Waals surface area contributed by atoms with E-state index in [0.29, 0.717) is 12.6 Å². The van der Waals surface area contributed by atoms with Gasteiger partial charge in [-0.1, -0.05) is 24.3 Å². The van der Waals surface area contributed by atoms with Crippen molar-refractivity contribution in [3.8, 4) is 5.75 Å². The van der Waals surface area contributed by atoms with E-state index in [0.717, 1.165) is 54.0 Å². The molecule has 1 aliphatic carbocycles. The van der Waals surface area contributed by atoms with Crippen LogP contribution in [-0.4, -0.2) is 29.0 Å². The fraction of sp³-hybridized carbons (Fsp3) is 0.364. The topological polar surface area (TPSA) is 79.0 Å². The van der Waals surface area contributed by atoms with Gasteiger partial charge in [0.15, 0.2) is 0 Å². The number of para-hydroxylation sites is 2. The summed E-state index contributed by atoms with van der Waals surface area (Å²) in [6.07, 6.45) is 3.71. The van der Waals surface area contributed by atoms with Crippen molar-refractivity contribution in [2.24, 2.45) is 5.92 Å². The molecule has 0 saturated heterocycles. The van der Waals surface area contributed by atoms with E-state index in [1.165, 1.54) is 0 Å². The first kappa shape index (κ1) is 18.3. The number of benzene rings is 2. The molecule has 0 spiro atoms. The minimum Gasteiger partial charge on any atom is -0.497 e. The Hall–Kier alpha value is -3.02. The van der Waals surface area contributed by atoms with Gasteiger partial charge in [0.25, 0.3) is 0 Å². The Balaban J connectivity index is 1.25. The van der Waals surface area contributed by atoms with Crippen LogP contribution in [-0.2, 0) is 11.3 Å². The van der Waals surface area contributed by atoms with Crippen molar-refractivity contribution in [2.75, 3.05) is 12.4 Å². The van der Waals surface area contributed by atoms with Crippen LogP contribution in [0.4, 0.5) is 5.95 Å². The second kappa shape index (κ2) is 8.33. The van der Waals surface area contributed by atoms with Crippen LogP contribution in [0.25, 0.3) is 11.0 Å². The van der Waals surface area contributed by atoms with Crippen LogP contribution in [0.3, 0.4) is 0 Å². The minimum atomic E-state index is 0.0827. The highest BCUT2D eigenvalue weighted by atomic mass is 16.5. The molecule has 6 nitrogen and oxygen atoms in total. The van der Waals surface area contributed by atoms with Gasteiger partial charge in [-0.2, -0.15) is 0 Å². The normalized spacial score (nSPS) is 19.3. The minimum absolute atomic E-state index is 0.0827. The molecule has 0 unspecified atom stereocenters. The molecule has 1 saturated carbocycles. The van der Waals surface area contributed by atoms with Crippen LogP contribution >= 0.6 is 0 Å². The summed E-state index contributed by atoms with van der Waals surface area (Å²) in [5.74, 6) is 1.85. The third-order valence-corrected chi connectivity index (χ3v) is 5.43. The number of methoxy groups -OCH3 is 1. The maximum Gasteiger partial charge on any atom is 0.223 e. The smallest absolute Gasteiger partial charge is 0.223 e. The SMILES string of the molecule is COc1cccc(CNC(=O)C2CCC(Nc3nc4ccccc4[nH]3)CC2)c1. The molecule has 1 aliphatic rings. The number of nitrogens with one attached hydrogen (secondary N) is 3. The Labute approximate surface area is 164 Å². The molecular weight excluding hydrogens is 352 g/mol. The molecule has 1 aromatic heterocycles. The van der Waals surface area contributed by atoms with E-state index in [4.69, 9.17) is 4.74 Å². The van der Waals surface area contributed by atoms with Crippen LogP contribution in [0, 0.1) is 5.92 Å². The lowest BCUT2D eigenvalue weighted by Crippen LogP contribution is -2.35. The second-order valence-electron chi connectivity index (χ2n) is 7.36. The van der Waals surface area contributed by atoms with E-state index in [9.17, 15) is 4.79 Å². The zero-order chi connectivity index (χ0) is 19.3. The Morgan fingerprint density at radius 3 is 2.75 bits per heavy atom. The first-order valence-electron chi connectivity index (χ1n) is 9.83. The van der Waals surface area contributed by atoms with Crippen molar-refractivity contribution in [1.82, 2.24) is 15.3 Å². The van der Waals surface area contributed by atoms with Gasteiger partial charge >= 0.3 is 0 Å². The quantitative estimate of drug-likeness (QED) is 0.609. The molecule has 1 amide bonds. The van der Waals surface area contributed by atoms with E-state index in [1.54, 1.807) is 7.11 Å². The van der Waals surface area contributed by atoms with Gasteiger partial charge in [0.1, 0.15) is 5.75 Å². The summed E-state index contributed by atoms with van der Waals surface area (Å²) in [6, 6.07) is 16.2. The average molecular weight is 378 g/mol. The van der Waals surface area contributed by atoms with E-state index < -0.39 is 0 Å². The number of carbonyl (C=O) groups is 1. The van der Waals surface area contributed by atoms with Crippen molar-refractivity contribution in [3.05, 3.63) is 54.1 Å². The summed E-state index contributed by atoms with van der Waals surface area (Å²) < 4.78 is 5.23. The maximum atomic E-state index is 12.5. The van der Waals surface area contributed by atoms with Crippen LogP contribution < -0.4 is 15.4 Å². The average Bonchev–Trinajstić information content (AvgIpc) is 3.15. The molecule has 2 aromatic carbocycles. The predicted octanol–water partition coefficient (Wildman–Crippen LogP) is 3.86. The van der Waals surface area contributed by atoms with Crippen molar-refractivity contribution in [2.45, 2.75) is 38.3 Å². The Morgan fingerprint density at radius 1 is 1.14 bits per heavy atom. The Bertz CT molecular complexity index is 911. The molecule has 3 N–H and O–H groups in total. The summed E-state index contributed by atoms with van der Waals surface area (Å²) >= 11 is 0. The molecule has 0 aliphatic heterocycles. The van der Waals surface area contributed by atoms with Gasteiger partial charge in [-0.15, -0.1) is 0 Å². The number of H-pyrrole nitrogens is 1. The molecule has 1 fully saturated rings. The molecule has 28 heavy (non-hydrogen) atoms. The van der Waals surface area contributed by atoms with Crippen molar-refractivity contribution in [3.63, 3.8) is 0 Å². The standard InChI is InChI=1S/C22H26N4O2/c1-28-18-6-4-5-15(13-18)14-23-21(27)16-9-11-17(12-10-16)24-22-25-19-7-2-3-8-20(19)26-22/h2-8,13,16-17H,9-12,14H2,1H3,(H,23,27)(H2,24,25,26). The lowest BCUT2D eigenvalue weighted by Gasteiger charge is -2.28. The van der Waals surface area contributed by atoms with Gasteiger partial charge in [0.05, 0.1) is 18.1 Å². The monoisotopic (exact) mass is 378 g/mol. The molecule has 146 valence electrons. The molecular formula is C22H26N4O2. The number of aromatic amines is 1. The number of ether oxygens (including phenoxy) is 1. The summed E-state index contributed by atoms with van der Waals surface area (Å²) in [5, 5.41) is 6.56. The van der Waals surface area contributed by atoms with E-state index in [1.807, 2.05) is 48.5 Å². The highest BCUT2D eigenvalue weighted by Crippen LogP contribution is 2.27. The summed E-state index contributed by atoms with van der Waals surface area (Å²) in [7, 11) is 1.65. The number of imidazole rings is 1. The van der Waals surface area contributed by atoms with Crippen LogP contribution in [0.5, 0.6) is 5.75 Å². The maximum absolute atomic E-state index is 12.5. The van der Waals surface area contributed by atoms with E-state index in [-0.39, 0.29) is 11.8 Å². The zero-order valence-electron chi connectivity index (χ0n) is 16.1. The number of aromatic nitrogens is 2. The van der Waals surface area contributed by atoms with Crippen LogP contribution in [0.1, 0.15) is 31.2 Å². The lowest BCUT2D eigenvalue weighted by atomic mass is 9.85. The largest absolute Gasteiger partial charge is 0.497 e. The van der Waals surface area contributed by atoms with Gasteiger partial charge in [0, 0.05) is 18.5 Å². The van der Waals surface area contributed by atoms with Crippen molar-refractivity contribution < 1.29 is 9.53 Å². The lowest BCUT2D eigenvalue weighted by molar-refractivity contribution is -0.126. The third-order valence-electron chi connectivity index (χ3n) is 5.43. The van der Waals surface area contributed by atoms with Crippen LogP contribution in [0.2, 0.25) is 0 Å². The third kappa shape index (κ3) is 4.27. The fourth-order valence-electron chi connectivity index (χ4n) is 3.83. The van der Waals surface area contributed by atoms with E-state index >= 15 is 0 Å². The highest BCUT2D eigenvalue weighted by molar-refractivity contribution is 5.79. The number of amides is 1. The van der Waals surface area contributed by atoms with Gasteiger partial charge < -0.3 is 20.4 Å².